The van der Waals surface area contributed by atoms with E-state index in [9.17, 15) is 5.11 Å². The summed E-state index contributed by atoms with van der Waals surface area (Å²) in [7, 11) is 1.94. The summed E-state index contributed by atoms with van der Waals surface area (Å²) in [6.07, 6.45) is 9.47. The van der Waals surface area contributed by atoms with Crippen LogP contribution in [0, 0.1) is 5.92 Å². The predicted octanol–water partition coefficient (Wildman–Crippen LogP) is 1.51. The van der Waals surface area contributed by atoms with E-state index in [1.54, 1.807) is 0 Å². The van der Waals surface area contributed by atoms with E-state index in [2.05, 4.69) is 11.3 Å². The monoisotopic (exact) mass is 194 g/mol. The van der Waals surface area contributed by atoms with Crippen LogP contribution in [0.15, 0.2) is 12.4 Å². The van der Waals surface area contributed by atoms with Crippen molar-refractivity contribution in [1.82, 2.24) is 9.78 Å². The quantitative estimate of drug-likeness (QED) is 0.792. The Morgan fingerprint density at radius 3 is 3.00 bits per heavy atom. The molecule has 1 aromatic heterocycles. The molecule has 78 valence electrons. The van der Waals surface area contributed by atoms with Crippen molar-refractivity contribution in [1.29, 1.82) is 0 Å². The zero-order valence-electron chi connectivity index (χ0n) is 8.69. The van der Waals surface area contributed by atoms with Crippen molar-refractivity contribution in [3.8, 4) is 0 Å². The van der Waals surface area contributed by atoms with Crippen molar-refractivity contribution in [2.24, 2.45) is 13.0 Å². The minimum absolute atomic E-state index is 0.0494. The molecule has 1 saturated carbocycles. The molecule has 0 amide bonds. The molecular formula is C11H18N2O. The van der Waals surface area contributed by atoms with Crippen LogP contribution in [0.2, 0.25) is 0 Å². The Morgan fingerprint density at radius 1 is 1.57 bits per heavy atom. The highest BCUT2D eigenvalue weighted by molar-refractivity contribution is 5.04. The van der Waals surface area contributed by atoms with Gasteiger partial charge in [0.15, 0.2) is 0 Å². The third kappa shape index (κ3) is 2.15. The Bertz CT molecular complexity index is 295. The molecule has 14 heavy (non-hydrogen) atoms. The zero-order valence-corrected chi connectivity index (χ0v) is 8.69. The number of rotatable bonds is 3. The highest BCUT2D eigenvalue weighted by atomic mass is 16.3. The van der Waals surface area contributed by atoms with Gasteiger partial charge in [-0.2, -0.15) is 5.10 Å². The van der Waals surface area contributed by atoms with Crippen molar-refractivity contribution in [3.05, 3.63) is 18.0 Å². The SMILES string of the molecule is Cn1cc(CCC2CCCC2O)cn1. The van der Waals surface area contributed by atoms with Gasteiger partial charge in [0.1, 0.15) is 0 Å². The van der Waals surface area contributed by atoms with Gasteiger partial charge in [-0.3, -0.25) is 4.68 Å². The molecule has 1 N–H and O–H groups in total. The average molecular weight is 194 g/mol. The zero-order chi connectivity index (χ0) is 9.97. The summed E-state index contributed by atoms with van der Waals surface area (Å²) in [6.45, 7) is 0. The van der Waals surface area contributed by atoms with Gasteiger partial charge in [-0.25, -0.2) is 0 Å². The first-order chi connectivity index (χ1) is 6.75. The maximum absolute atomic E-state index is 9.65. The Kier molecular flexibility index (Phi) is 2.87. The second-order valence-corrected chi connectivity index (χ2v) is 4.32. The molecule has 2 unspecified atom stereocenters. The highest BCUT2D eigenvalue weighted by Gasteiger charge is 2.24. The second-order valence-electron chi connectivity index (χ2n) is 4.32. The van der Waals surface area contributed by atoms with Crippen molar-refractivity contribution < 1.29 is 5.11 Å². The van der Waals surface area contributed by atoms with Gasteiger partial charge in [-0.15, -0.1) is 0 Å². The van der Waals surface area contributed by atoms with Crippen molar-refractivity contribution in [3.63, 3.8) is 0 Å². The Hall–Kier alpha value is -0.830. The van der Waals surface area contributed by atoms with E-state index >= 15 is 0 Å². The molecule has 1 aliphatic rings. The summed E-state index contributed by atoms with van der Waals surface area (Å²) >= 11 is 0. The van der Waals surface area contributed by atoms with Gasteiger partial charge in [0.2, 0.25) is 0 Å². The fraction of sp³-hybridized carbons (Fsp3) is 0.727. The van der Waals surface area contributed by atoms with E-state index in [4.69, 9.17) is 0 Å². The van der Waals surface area contributed by atoms with E-state index in [0.717, 1.165) is 19.3 Å². The summed E-state index contributed by atoms with van der Waals surface area (Å²) < 4.78 is 1.83. The first-order valence-corrected chi connectivity index (χ1v) is 5.41. The number of hydrogen-bond donors (Lipinski definition) is 1. The molecule has 3 heteroatoms. The molecular weight excluding hydrogens is 176 g/mol. The predicted molar refractivity (Wildman–Crippen MR) is 54.9 cm³/mol. The minimum atomic E-state index is -0.0494. The molecule has 1 fully saturated rings. The molecule has 1 aliphatic carbocycles. The highest BCUT2D eigenvalue weighted by Crippen LogP contribution is 2.29. The third-order valence-corrected chi connectivity index (χ3v) is 3.18. The van der Waals surface area contributed by atoms with E-state index in [1.807, 2.05) is 17.9 Å². The van der Waals surface area contributed by atoms with Crippen molar-refractivity contribution in [2.75, 3.05) is 0 Å². The second kappa shape index (κ2) is 4.13. The van der Waals surface area contributed by atoms with Crippen LogP contribution in [0.3, 0.4) is 0 Å². The van der Waals surface area contributed by atoms with Crippen LogP contribution >= 0.6 is 0 Å². The minimum Gasteiger partial charge on any atom is -0.393 e. The molecule has 0 saturated heterocycles. The van der Waals surface area contributed by atoms with Gasteiger partial charge < -0.3 is 5.11 Å². The fourth-order valence-corrected chi connectivity index (χ4v) is 2.31. The lowest BCUT2D eigenvalue weighted by atomic mass is 9.98. The lowest BCUT2D eigenvalue weighted by Crippen LogP contribution is -2.13. The van der Waals surface area contributed by atoms with Crippen LogP contribution in [-0.2, 0) is 13.5 Å². The van der Waals surface area contributed by atoms with Crippen molar-refractivity contribution in [2.45, 2.75) is 38.2 Å². The van der Waals surface area contributed by atoms with Gasteiger partial charge in [0, 0.05) is 13.2 Å². The molecule has 3 nitrogen and oxygen atoms in total. The number of hydrogen-bond acceptors (Lipinski definition) is 2. The lowest BCUT2D eigenvalue weighted by Gasteiger charge is -2.12. The van der Waals surface area contributed by atoms with Crippen LogP contribution in [0.5, 0.6) is 0 Å². The molecule has 2 rings (SSSR count). The number of aliphatic hydroxyl groups is 1. The molecule has 1 heterocycles. The van der Waals surface area contributed by atoms with Gasteiger partial charge in [0.05, 0.1) is 12.3 Å². The molecule has 0 spiro atoms. The summed E-state index contributed by atoms with van der Waals surface area (Å²) in [5.74, 6) is 0.523. The van der Waals surface area contributed by atoms with E-state index in [-0.39, 0.29) is 6.10 Å². The topological polar surface area (TPSA) is 38.0 Å². The first kappa shape index (κ1) is 9.71. The van der Waals surface area contributed by atoms with Crippen LogP contribution in [-0.4, -0.2) is 21.0 Å². The summed E-state index contributed by atoms with van der Waals surface area (Å²) in [5.41, 5.74) is 1.28. The Balaban J connectivity index is 1.82. The van der Waals surface area contributed by atoms with Gasteiger partial charge in [-0.1, -0.05) is 6.42 Å². The molecule has 2 atom stereocenters. The number of aromatic nitrogens is 2. The van der Waals surface area contributed by atoms with Crippen LogP contribution in [0.25, 0.3) is 0 Å². The van der Waals surface area contributed by atoms with E-state index < -0.39 is 0 Å². The van der Waals surface area contributed by atoms with Crippen LogP contribution in [0.1, 0.15) is 31.2 Å². The lowest BCUT2D eigenvalue weighted by molar-refractivity contribution is 0.128. The smallest absolute Gasteiger partial charge is 0.0568 e. The molecule has 0 aliphatic heterocycles. The average Bonchev–Trinajstić information content (AvgIpc) is 2.72. The summed E-state index contributed by atoms with van der Waals surface area (Å²) in [5, 5.41) is 13.8. The maximum atomic E-state index is 9.65. The first-order valence-electron chi connectivity index (χ1n) is 5.41. The normalized spacial score (nSPS) is 27.0. The van der Waals surface area contributed by atoms with Crippen LogP contribution in [0.4, 0.5) is 0 Å². The van der Waals surface area contributed by atoms with Gasteiger partial charge >= 0.3 is 0 Å². The summed E-state index contributed by atoms with van der Waals surface area (Å²) in [6, 6.07) is 0. The van der Waals surface area contributed by atoms with Gasteiger partial charge in [-0.05, 0) is 37.2 Å². The molecule has 0 aromatic carbocycles. The fourth-order valence-electron chi connectivity index (χ4n) is 2.31. The molecule has 0 radical (unpaired) electrons. The van der Waals surface area contributed by atoms with Crippen molar-refractivity contribution >= 4 is 0 Å². The van der Waals surface area contributed by atoms with E-state index in [1.165, 1.54) is 18.4 Å². The third-order valence-electron chi connectivity index (χ3n) is 3.18. The number of aliphatic hydroxyl groups excluding tert-OH is 1. The Morgan fingerprint density at radius 2 is 2.43 bits per heavy atom. The summed E-state index contributed by atoms with van der Waals surface area (Å²) in [4.78, 5) is 0. The van der Waals surface area contributed by atoms with Crippen LogP contribution < -0.4 is 0 Å². The Labute approximate surface area is 84.7 Å². The molecule has 0 bridgehead atoms. The molecule has 1 aromatic rings. The van der Waals surface area contributed by atoms with Gasteiger partial charge in [0.25, 0.3) is 0 Å². The number of aryl methyl sites for hydroxylation is 2. The largest absolute Gasteiger partial charge is 0.393 e. The number of nitrogens with zero attached hydrogens (tertiary/aromatic N) is 2. The maximum Gasteiger partial charge on any atom is 0.0568 e. The van der Waals surface area contributed by atoms with E-state index in [0.29, 0.717) is 5.92 Å². The standard InChI is InChI=1S/C11H18N2O/c1-13-8-9(7-12-13)5-6-10-3-2-4-11(10)14/h7-8,10-11,14H,2-6H2,1H3.